The summed E-state index contributed by atoms with van der Waals surface area (Å²) in [5.41, 5.74) is 3.29. The highest BCUT2D eigenvalue weighted by Gasteiger charge is 2.13. The third-order valence-electron chi connectivity index (χ3n) is 4.63. The minimum Gasteiger partial charge on any atom is -0.370 e. The summed E-state index contributed by atoms with van der Waals surface area (Å²) in [5.74, 6) is 0.690. The van der Waals surface area contributed by atoms with Crippen molar-refractivity contribution in [2.45, 2.75) is 12.8 Å². The maximum Gasteiger partial charge on any atom is 0.323 e. The fraction of sp³-hybridized carbons (Fsp3) is 0.190. The molecule has 0 aliphatic carbocycles. The number of nitrogens with one attached hydrogen (secondary N) is 3. The summed E-state index contributed by atoms with van der Waals surface area (Å²) >= 11 is 5.85. The van der Waals surface area contributed by atoms with Gasteiger partial charge < -0.3 is 20.9 Å². The highest BCUT2D eigenvalue weighted by molar-refractivity contribution is 6.30. The zero-order valence-corrected chi connectivity index (χ0v) is 16.5. The molecule has 29 heavy (non-hydrogen) atoms. The van der Waals surface area contributed by atoms with Crippen molar-refractivity contribution in [3.05, 3.63) is 65.8 Å². The molecule has 7 nitrogen and oxygen atoms in total. The maximum atomic E-state index is 12.1. The van der Waals surface area contributed by atoms with Crippen LogP contribution < -0.4 is 20.9 Å². The molecule has 0 atom stereocenters. The van der Waals surface area contributed by atoms with Crippen molar-refractivity contribution < 1.29 is 4.79 Å². The molecule has 1 aromatic heterocycles. The number of urea groups is 1. The average molecular weight is 409 g/mol. The van der Waals surface area contributed by atoms with Crippen LogP contribution in [-0.2, 0) is 0 Å². The molecule has 2 aromatic carbocycles. The second kappa shape index (κ2) is 8.79. The van der Waals surface area contributed by atoms with Gasteiger partial charge in [0.1, 0.15) is 0 Å². The zero-order chi connectivity index (χ0) is 20.1. The fourth-order valence-electron chi connectivity index (χ4n) is 3.18. The zero-order valence-electron chi connectivity index (χ0n) is 15.7. The highest BCUT2D eigenvalue weighted by atomic mass is 35.5. The quantitative estimate of drug-likeness (QED) is 0.546. The van der Waals surface area contributed by atoms with Crippen molar-refractivity contribution in [1.82, 2.24) is 10.2 Å². The molecule has 0 unspecified atom stereocenters. The van der Waals surface area contributed by atoms with E-state index in [9.17, 15) is 4.79 Å². The first-order valence-corrected chi connectivity index (χ1v) is 9.82. The van der Waals surface area contributed by atoms with Gasteiger partial charge in [-0.15, -0.1) is 5.10 Å². The summed E-state index contributed by atoms with van der Waals surface area (Å²) in [7, 11) is 0. The van der Waals surface area contributed by atoms with Gasteiger partial charge in [-0.2, -0.15) is 5.10 Å². The summed E-state index contributed by atoms with van der Waals surface area (Å²) in [6.45, 7) is 2.12. The van der Waals surface area contributed by atoms with Crippen LogP contribution >= 0.6 is 11.6 Å². The van der Waals surface area contributed by atoms with Gasteiger partial charge >= 0.3 is 6.03 Å². The van der Waals surface area contributed by atoms with E-state index in [4.69, 9.17) is 11.6 Å². The van der Waals surface area contributed by atoms with Crippen LogP contribution in [0.15, 0.2) is 60.8 Å². The summed E-state index contributed by atoms with van der Waals surface area (Å²) < 4.78 is 0. The molecule has 1 fully saturated rings. The molecule has 1 saturated heterocycles. The summed E-state index contributed by atoms with van der Waals surface area (Å²) in [5, 5.41) is 17.7. The van der Waals surface area contributed by atoms with Crippen molar-refractivity contribution in [3.8, 4) is 0 Å². The van der Waals surface area contributed by atoms with Gasteiger partial charge in [0.15, 0.2) is 5.82 Å². The number of rotatable bonds is 5. The van der Waals surface area contributed by atoms with E-state index >= 15 is 0 Å². The molecular weight excluding hydrogens is 388 g/mol. The lowest BCUT2D eigenvalue weighted by molar-refractivity contribution is 0.262. The standard InChI is InChI=1S/C21H21ClN6O/c22-15-3-5-17(6-4-15)25-21(29)26-18-9-7-16(8-10-18)24-20-13-19(14-23-27-20)28-11-1-2-12-28/h3-10,13-14H,1-2,11-12H2,(H,24,27)(H2,25,26,29). The van der Waals surface area contributed by atoms with E-state index in [0.717, 1.165) is 24.5 Å². The number of hydrogen-bond acceptors (Lipinski definition) is 5. The van der Waals surface area contributed by atoms with Gasteiger partial charge in [0.2, 0.25) is 0 Å². The van der Waals surface area contributed by atoms with Crippen molar-refractivity contribution in [2.24, 2.45) is 0 Å². The predicted molar refractivity (Wildman–Crippen MR) is 117 cm³/mol. The Morgan fingerprint density at radius 2 is 1.48 bits per heavy atom. The highest BCUT2D eigenvalue weighted by Crippen LogP contribution is 2.23. The summed E-state index contributed by atoms with van der Waals surface area (Å²) in [6, 6.07) is 16.0. The van der Waals surface area contributed by atoms with Crippen LogP contribution in [0.2, 0.25) is 5.02 Å². The lowest BCUT2D eigenvalue weighted by Crippen LogP contribution is -2.19. The van der Waals surface area contributed by atoms with Crippen molar-refractivity contribution in [1.29, 1.82) is 0 Å². The molecular formula is C21H21ClN6O. The second-order valence-electron chi connectivity index (χ2n) is 6.78. The number of benzene rings is 2. The molecule has 2 heterocycles. The third kappa shape index (κ3) is 5.14. The minimum atomic E-state index is -0.322. The molecule has 8 heteroatoms. The Morgan fingerprint density at radius 3 is 2.14 bits per heavy atom. The van der Waals surface area contributed by atoms with Crippen LogP contribution in [0, 0.1) is 0 Å². The maximum absolute atomic E-state index is 12.1. The molecule has 4 rings (SSSR count). The normalized spacial score (nSPS) is 13.2. The molecule has 1 aliphatic heterocycles. The average Bonchev–Trinajstić information content (AvgIpc) is 3.26. The van der Waals surface area contributed by atoms with Gasteiger partial charge in [0.05, 0.1) is 11.9 Å². The smallest absolute Gasteiger partial charge is 0.323 e. The van der Waals surface area contributed by atoms with Crippen LogP contribution in [0.5, 0.6) is 0 Å². The molecule has 1 aliphatic rings. The Balaban J connectivity index is 1.34. The van der Waals surface area contributed by atoms with E-state index in [1.165, 1.54) is 12.8 Å². The largest absolute Gasteiger partial charge is 0.370 e. The molecule has 3 N–H and O–H groups in total. The molecule has 0 spiro atoms. The lowest BCUT2D eigenvalue weighted by Gasteiger charge is -2.17. The molecule has 3 aromatic rings. The Hall–Kier alpha value is -3.32. The van der Waals surface area contributed by atoms with Crippen LogP contribution in [-0.4, -0.2) is 29.3 Å². The number of amides is 2. The Bertz CT molecular complexity index is 971. The lowest BCUT2D eigenvalue weighted by atomic mass is 10.2. The van der Waals surface area contributed by atoms with E-state index in [1.54, 1.807) is 30.5 Å². The topological polar surface area (TPSA) is 82.2 Å². The van der Waals surface area contributed by atoms with Gasteiger partial charge in [-0.25, -0.2) is 4.79 Å². The van der Waals surface area contributed by atoms with Crippen LogP contribution in [0.1, 0.15) is 12.8 Å². The molecule has 2 amide bonds. The number of nitrogens with zero attached hydrogens (tertiary/aromatic N) is 3. The van der Waals surface area contributed by atoms with Crippen LogP contribution in [0.4, 0.5) is 33.4 Å². The van der Waals surface area contributed by atoms with Gasteiger partial charge in [0.25, 0.3) is 0 Å². The van der Waals surface area contributed by atoms with Crippen molar-refractivity contribution in [3.63, 3.8) is 0 Å². The Labute approximate surface area is 174 Å². The van der Waals surface area contributed by atoms with Crippen LogP contribution in [0.25, 0.3) is 0 Å². The van der Waals surface area contributed by atoms with Crippen molar-refractivity contribution in [2.75, 3.05) is 33.9 Å². The van der Waals surface area contributed by atoms with E-state index in [2.05, 4.69) is 31.0 Å². The molecule has 0 radical (unpaired) electrons. The number of anilines is 5. The molecule has 0 saturated carbocycles. The predicted octanol–water partition coefficient (Wildman–Crippen LogP) is 5.12. The Morgan fingerprint density at radius 1 is 0.897 bits per heavy atom. The number of carbonyl (C=O) groups excluding carboxylic acids is 1. The number of carbonyl (C=O) groups is 1. The van der Waals surface area contributed by atoms with Gasteiger partial charge in [0, 0.05) is 41.2 Å². The van der Waals surface area contributed by atoms with Gasteiger partial charge in [-0.1, -0.05) is 11.6 Å². The summed E-state index contributed by atoms with van der Waals surface area (Å²) in [4.78, 5) is 14.4. The number of hydrogen-bond donors (Lipinski definition) is 3. The van der Waals surface area contributed by atoms with Crippen molar-refractivity contribution >= 4 is 46.2 Å². The first-order valence-electron chi connectivity index (χ1n) is 9.44. The Kier molecular flexibility index (Phi) is 5.76. The molecule has 0 bridgehead atoms. The first-order chi connectivity index (χ1) is 14.2. The first kappa shape index (κ1) is 19.0. The second-order valence-corrected chi connectivity index (χ2v) is 7.22. The minimum absolute atomic E-state index is 0.322. The monoisotopic (exact) mass is 408 g/mol. The fourth-order valence-corrected chi connectivity index (χ4v) is 3.30. The van der Waals surface area contributed by atoms with E-state index in [0.29, 0.717) is 22.2 Å². The van der Waals surface area contributed by atoms with E-state index in [-0.39, 0.29) is 6.03 Å². The van der Waals surface area contributed by atoms with Gasteiger partial charge in [-0.3, -0.25) is 0 Å². The van der Waals surface area contributed by atoms with E-state index in [1.807, 2.05) is 30.3 Å². The number of aromatic nitrogens is 2. The SMILES string of the molecule is O=C(Nc1ccc(Cl)cc1)Nc1ccc(Nc2cc(N3CCCC3)cnn2)cc1. The van der Waals surface area contributed by atoms with Crippen LogP contribution in [0.3, 0.4) is 0 Å². The van der Waals surface area contributed by atoms with Gasteiger partial charge in [-0.05, 0) is 61.4 Å². The molecule has 148 valence electrons. The third-order valence-corrected chi connectivity index (χ3v) is 4.88. The van der Waals surface area contributed by atoms with E-state index < -0.39 is 0 Å². The number of halogens is 1. The summed E-state index contributed by atoms with van der Waals surface area (Å²) in [6.07, 6.45) is 4.22.